The number of fused-ring (bicyclic) bond motifs is 1. The number of thioether (sulfide) groups is 1. The zero-order valence-corrected chi connectivity index (χ0v) is 13.5. The number of ether oxygens (including phenoxy) is 1. The number of carbonyl (C=O) groups excluding carboxylic acids is 1. The van der Waals surface area contributed by atoms with Crippen molar-refractivity contribution in [2.24, 2.45) is 7.05 Å². The lowest BCUT2D eigenvalue weighted by molar-refractivity contribution is -0.139. The third-order valence-corrected chi connectivity index (χ3v) is 3.99. The Labute approximate surface area is 130 Å². The quantitative estimate of drug-likeness (QED) is 0.612. The maximum absolute atomic E-state index is 12.1. The molecule has 1 N–H and O–H groups in total. The number of nitrogens with one attached hydrogen (secondary N) is 1. The highest BCUT2D eigenvalue weighted by Gasteiger charge is 2.18. The van der Waals surface area contributed by atoms with Gasteiger partial charge in [-0.3, -0.25) is 19.1 Å². The molecule has 0 aliphatic carbocycles. The molecule has 0 aliphatic rings. The zero-order valence-electron chi connectivity index (χ0n) is 12.7. The summed E-state index contributed by atoms with van der Waals surface area (Å²) in [7, 11) is 1.55. The molecule has 22 heavy (non-hydrogen) atoms. The molecule has 0 aromatic carbocycles. The molecule has 2 aromatic heterocycles. The van der Waals surface area contributed by atoms with Gasteiger partial charge < -0.3 is 9.30 Å². The van der Waals surface area contributed by atoms with Crippen molar-refractivity contribution in [3.8, 4) is 0 Å². The van der Waals surface area contributed by atoms with E-state index in [9.17, 15) is 14.4 Å². The summed E-state index contributed by atoms with van der Waals surface area (Å²) < 4.78 is 7.91. The van der Waals surface area contributed by atoms with Crippen molar-refractivity contribution in [3.63, 3.8) is 0 Å². The Hall–Kier alpha value is -2.03. The Morgan fingerprint density at radius 3 is 2.73 bits per heavy atom. The van der Waals surface area contributed by atoms with Crippen molar-refractivity contribution >= 4 is 28.9 Å². The van der Waals surface area contributed by atoms with Crippen LogP contribution in [0, 0.1) is 0 Å². The smallest absolute Gasteiger partial charge is 0.329 e. The van der Waals surface area contributed by atoms with E-state index in [1.54, 1.807) is 18.5 Å². The number of hydrogen-bond donors (Lipinski definition) is 1. The fourth-order valence-corrected chi connectivity index (χ4v) is 2.90. The van der Waals surface area contributed by atoms with E-state index >= 15 is 0 Å². The van der Waals surface area contributed by atoms with E-state index in [1.165, 1.54) is 16.3 Å². The molecule has 2 heterocycles. The zero-order chi connectivity index (χ0) is 16.3. The predicted molar refractivity (Wildman–Crippen MR) is 83.2 cm³/mol. The van der Waals surface area contributed by atoms with Crippen LogP contribution in [0.4, 0.5) is 0 Å². The van der Waals surface area contributed by atoms with E-state index in [0.717, 1.165) is 6.42 Å². The molecular formula is C13H18N4O4S. The maximum atomic E-state index is 12.1. The summed E-state index contributed by atoms with van der Waals surface area (Å²) in [4.78, 5) is 41.8. The average Bonchev–Trinajstić information content (AvgIpc) is 2.83. The molecule has 0 aliphatic heterocycles. The van der Waals surface area contributed by atoms with Gasteiger partial charge in [-0.25, -0.2) is 9.78 Å². The molecule has 8 nitrogen and oxygen atoms in total. The van der Waals surface area contributed by atoms with Gasteiger partial charge in [0.1, 0.15) is 0 Å². The highest BCUT2D eigenvalue weighted by molar-refractivity contribution is 7.99. The van der Waals surface area contributed by atoms with Crippen LogP contribution in [0.2, 0.25) is 0 Å². The lowest BCUT2D eigenvalue weighted by Gasteiger charge is -2.06. The Kier molecular flexibility index (Phi) is 5.07. The number of hydrogen-bond acceptors (Lipinski definition) is 6. The Bertz CT molecular complexity index is 805. The topological polar surface area (TPSA) is 99.0 Å². The summed E-state index contributed by atoms with van der Waals surface area (Å²) in [5, 5.41) is 0.525. The number of carbonyl (C=O) groups is 1. The first-order valence-electron chi connectivity index (χ1n) is 6.97. The first-order valence-corrected chi connectivity index (χ1v) is 7.96. The maximum Gasteiger partial charge on any atom is 0.329 e. The molecule has 0 fully saturated rings. The number of H-pyrrole nitrogens is 1. The van der Waals surface area contributed by atoms with Gasteiger partial charge >= 0.3 is 11.7 Å². The molecule has 0 saturated carbocycles. The summed E-state index contributed by atoms with van der Waals surface area (Å²) in [6.45, 7) is 4.61. The van der Waals surface area contributed by atoms with Crippen LogP contribution in [-0.4, -0.2) is 37.4 Å². The molecule has 2 aromatic rings. The van der Waals surface area contributed by atoms with E-state index in [0.29, 0.717) is 29.5 Å². The van der Waals surface area contributed by atoms with Gasteiger partial charge in [0.15, 0.2) is 16.3 Å². The van der Waals surface area contributed by atoms with Crippen molar-refractivity contribution in [1.29, 1.82) is 0 Å². The minimum absolute atomic E-state index is 0.104. The van der Waals surface area contributed by atoms with E-state index in [-0.39, 0.29) is 11.7 Å². The molecule has 0 atom stereocenters. The lowest BCUT2D eigenvalue weighted by atomic mass is 10.4. The number of rotatable bonds is 6. The second-order valence-corrected chi connectivity index (χ2v) is 5.57. The van der Waals surface area contributed by atoms with Crippen LogP contribution in [0.25, 0.3) is 11.2 Å². The molecule has 120 valence electrons. The minimum atomic E-state index is -0.513. The van der Waals surface area contributed by atoms with Crippen molar-refractivity contribution < 1.29 is 9.53 Å². The first-order chi connectivity index (χ1) is 10.5. The van der Waals surface area contributed by atoms with Gasteiger partial charge in [0.05, 0.1) is 12.4 Å². The van der Waals surface area contributed by atoms with Crippen LogP contribution in [-0.2, 0) is 23.1 Å². The molecule has 0 amide bonds. The Morgan fingerprint density at radius 1 is 1.36 bits per heavy atom. The van der Waals surface area contributed by atoms with Crippen LogP contribution >= 0.6 is 11.8 Å². The number of aromatic amines is 1. The second-order valence-electron chi connectivity index (χ2n) is 4.63. The van der Waals surface area contributed by atoms with Crippen LogP contribution < -0.4 is 11.2 Å². The molecule has 2 rings (SSSR count). The van der Waals surface area contributed by atoms with Gasteiger partial charge in [-0.15, -0.1) is 0 Å². The number of imidazole rings is 1. The first kappa shape index (κ1) is 16.3. The van der Waals surface area contributed by atoms with Crippen molar-refractivity contribution in [2.45, 2.75) is 32.0 Å². The van der Waals surface area contributed by atoms with Crippen molar-refractivity contribution in [2.75, 3.05) is 12.4 Å². The fraction of sp³-hybridized carbons (Fsp3) is 0.538. The van der Waals surface area contributed by atoms with Crippen molar-refractivity contribution in [3.05, 3.63) is 20.8 Å². The second kappa shape index (κ2) is 6.82. The monoisotopic (exact) mass is 326 g/mol. The fourth-order valence-electron chi connectivity index (χ4n) is 2.08. The number of esters is 1. The normalized spacial score (nSPS) is 11.0. The minimum Gasteiger partial charge on any atom is -0.465 e. The van der Waals surface area contributed by atoms with Gasteiger partial charge in [0.25, 0.3) is 5.56 Å². The van der Waals surface area contributed by atoms with Gasteiger partial charge in [0.2, 0.25) is 0 Å². The third kappa shape index (κ3) is 3.08. The SMILES string of the molecule is CCCn1c(SCC(=O)OCC)nc2c1c(=O)[nH]c(=O)n2C. The number of aryl methyl sites for hydroxylation is 2. The average molecular weight is 326 g/mol. The number of aromatic nitrogens is 4. The molecule has 0 unspecified atom stereocenters. The van der Waals surface area contributed by atoms with Crippen LogP contribution in [0.5, 0.6) is 0 Å². The van der Waals surface area contributed by atoms with Gasteiger partial charge in [0, 0.05) is 13.6 Å². The highest BCUT2D eigenvalue weighted by Crippen LogP contribution is 2.21. The van der Waals surface area contributed by atoms with E-state index in [2.05, 4.69) is 9.97 Å². The molecule has 0 bridgehead atoms. The van der Waals surface area contributed by atoms with Gasteiger partial charge in [-0.1, -0.05) is 18.7 Å². The predicted octanol–water partition coefficient (Wildman–Crippen LogP) is 0.488. The van der Waals surface area contributed by atoms with E-state index in [1.807, 2.05) is 6.92 Å². The Balaban J connectivity index is 2.49. The highest BCUT2D eigenvalue weighted by atomic mass is 32.2. The summed E-state index contributed by atoms with van der Waals surface area (Å²) in [5.74, 6) is -0.238. The molecular weight excluding hydrogens is 308 g/mol. The summed E-state index contributed by atoms with van der Waals surface area (Å²) in [6.07, 6.45) is 0.792. The van der Waals surface area contributed by atoms with Gasteiger partial charge in [-0.2, -0.15) is 0 Å². The van der Waals surface area contributed by atoms with E-state index < -0.39 is 11.2 Å². The summed E-state index contributed by atoms with van der Waals surface area (Å²) >= 11 is 1.19. The lowest BCUT2D eigenvalue weighted by Crippen LogP contribution is -2.29. The van der Waals surface area contributed by atoms with E-state index in [4.69, 9.17) is 4.74 Å². The molecule has 0 saturated heterocycles. The van der Waals surface area contributed by atoms with Crippen LogP contribution in [0.1, 0.15) is 20.3 Å². The van der Waals surface area contributed by atoms with Gasteiger partial charge in [-0.05, 0) is 13.3 Å². The molecule has 0 spiro atoms. The summed E-state index contributed by atoms with van der Waals surface area (Å²) in [5.41, 5.74) is -0.327. The number of nitrogens with zero attached hydrogens (tertiary/aromatic N) is 3. The van der Waals surface area contributed by atoms with Crippen molar-refractivity contribution in [1.82, 2.24) is 19.1 Å². The third-order valence-electron chi connectivity index (χ3n) is 3.04. The van der Waals surface area contributed by atoms with Crippen LogP contribution in [0.3, 0.4) is 0 Å². The standard InChI is InChI=1S/C13H18N4O4S/c1-4-6-17-9-10(16(3)12(20)15-11(9)19)14-13(17)22-7-8(18)21-5-2/h4-7H2,1-3H3,(H,15,19,20). The summed E-state index contributed by atoms with van der Waals surface area (Å²) in [6, 6.07) is 0. The van der Waals surface area contributed by atoms with Crippen LogP contribution in [0.15, 0.2) is 14.7 Å². The largest absolute Gasteiger partial charge is 0.465 e. The molecule has 9 heteroatoms. The Morgan fingerprint density at radius 2 is 2.09 bits per heavy atom. The molecule has 0 radical (unpaired) electrons.